The van der Waals surface area contributed by atoms with Gasteiger partial charge in [0.15, 0.2) is 11.6 Å². The van der Waals surface area contributed by atoms with E-state index in [0.717, 1.165) is 0 Å². The molecule has 1 N–H and O–H groups in total. The fraction of sp³-hybridized carbons (Fsp3) is 0.357. The fourth-order valence-electron chi connectivity index (χ4n) is 2.02. The number of nitro benzene ring substituents is 1. The Morgan fingerprint density at radius 2 is 2.23 bits per heavy atom. The largest absolute Gasteiger partial charge is 0.369 e. The highest BCUT2D eigenvalue weighted by atomic mass is 16.6. The highest BCUT2D eigenvalue weighted by Gasteiger charge is 2.21. The second-order valence-electron chi connectivity index (χ2n) is 4.82. The van der Waals surface area contributed by atoms with Crippen molar-refractivity contribution in [3.63, 3.8) is 0 Å². The molecule has 2 rings (SSSR count). The predicted molar refractivity (Wildman–Crippen MR) is 78.8 cm³/mol. The molecule has 0 radical (unpaired) electrons. The zero-order valence-electron chi connectivity index (χ0n) is 12.5. The molecule has 1 aromatic heterocycles. The Bertz CT molecular complexity index is 711. The van der Waals surface area contributed by atoms with Gasteiger partial charge in [-0.05, 0) is 25.5 Å². The van der Waals surface area contributed by atoms with Crippen LogP contribution in [0.25, 0.3) is 0 Å². The SMILES string of the molecule is CCC(Nc1ccc(C(C)=O)cc1[N+](=O)[O-])c1noc(C)n1. The zero-order valence-corrected chi connectivity index (χ0v) is 12.5. The van der Waals surface area contributed by atoms with Gasteiger partial charge in [-0.15, -0.1) is 0 Å². The van der Waals surface area contributed by atoms with Gasteiger partial charge in [0.1, 0.15) is 5.69 Å². The fourth-order valence-corrected chi connectivity index (χ4v) is 2.02. The minimum Gasteiger partial charge on any atom is -0.369 e. The van der Waals surface area contributed by atoms with Gasteiger partial charge in [0.2, 0.25) is 5.89 Å². The first kappa shape index (κ1) is 15.6. The minimum absolute atomic E-state index is 0.161. The highest BCUT2D eigenvalue weighted by Crippen LogP contribution is 2.30. The molecule has 22 heavy (non-hydrogen) atoms. The number of hydrogen-bond acceptors (Lipinski definition) is 7. The molecule has 0 saturated heterocycles. The lowest BCUT2D eigenvalue weighted by Crippen LogP contribution is -2.13. The number of benzene rings is 1. The van der Waals surface area contributed by atoms with Gasteiger partial charge in [-0.2, -0.15) is 4.98 Å². The van der Waals surface area contributed by atoms with E-state index in [-0.39, 0.29) is 17.5 Å². The zero-order chi connectivity index (χ0) is 16.3. The highest BCUT2D eigenvalue weighted by molar-refractivity contribution is 5.95. The number of carbonyl (C=O) groups excluding carboxylic acids is 1. The van der Waals surface area contributed by atoms with E-state index in [2.05, 4.69) is 15.5 Å². The lowest BCUT2D eigenvalue weighted by Gasteiger charge is -2.15. The average Bonchev–Trinajstić information content (AvgIpc) is 2.90. The smallest absolute Gasteiger partial charge is 0.293 e. The molecule has 0 spiro atoms. The molecule has 0 amide bonds. The molecule has 0 fully saturated rings. The molecule has 1 atom stereocenters. The van der Waals surface area contributed by atoms with Crippen molar-refractivity contribution in [3.05, 3.63) is 45.6 Å². The molecule has 0 saturated carbocycles. The van der Waals surface area contributed by atoms with Crippen LogP contribution < -0.4 is 5.32 Å². The van der Waals surface area contributed by atoms with Crippen molar-refractivity contribution in [1.29, 1.82) is 0 Å². The maximum atomic E-state index is 11.4. The summed E-state index contributed by atoms with van der Waals surface area (Å²) in [5.74, 6) is 0.636. The predicted octanol–water partition coefficient (Wildman–Crippen LogP) is 3.05. The van der Waals surface area contributed by atoms with Crippen LogP contribution in [-0.4, -0.2) is 20.8 Å². The quantitative estimate of drug-likeness (QED) is 0.496. The second kappa shape index (κ2) is 6.33. The summed E-state index contributed by atoms with van der Waals surface area (Å²) in [6.45, 7) is 4.94. The van der Waals surface area contributed by atoms with E-state index < -0.39 is 4.92 Å². The van der Waals surface area contributed by atoms with E-state index in [1.165, 1.54) is 19.1 Å². The van der Waals surface area contributed by atoms with Crippen LogP contribution in [0.4, 0.5) is 11.4 Å². The number of nitrogens with zero attached hydrogens (tertiary/aromatic N) is 3. The van der Waals surface area contributed by atoms with Crippen molar-refractivity contribution in [2.75, 3.05) is 5.32 Å². The Hall–Kier alpha value is -2.77. The first-order chi connectivity index (χ1) is 10.4. The van der Waals surface area contributed by atoms with E-state index in [9.17, 15) is 14.9 Å². The summed E-state index contributed by atoms with van der Waals surface area (Å²) in [5.41, 5.74) is 0.441. The van der Waals surface area contributed by atoms with Crippen molar-refractivity contribution in [1.82, 2.24) is 10.1 Å². The summed E-state index contributed by atoms with van der Waals surface area (Å²) in [7, 11) is 0. The number of nitrogens with one attached hydrogen (secondary N) is 1. The van der Waals surface area contributed by atoms with Crippen LogP contribution in [0.1, 0.15) is 48.4 Å². The topological polar surface area (TPSA) is 111 Å². The first-order valence-corrected chi connectivity index (χ1v) is 6.78. The van der Waals surface area contributed by atoms with Gasteiger partial charge in [0.05, 0.1) is 11.0 Å². The van der Waals surface area contributed by atoms with Gasteiger partial charge >= 0.3 is 0 Å². The Kier molecular flexibility index (Phi) is 4.50. The Balaban J connectivity index is 2.35. The summed E-state index contributed by atoms with van der Waals surface area (Å²) in [6, 6.07) is 4.01. The normalized spacial score (nSPS) is 12.0. The molecule has 1 aromatic carbocycles. The van der Waals surface area contributed by atoms with Crippen LogP contribution in [0.15, 0.2) is 22.7 Å². The number of nitro groups is 1. The third kappa shape index (κ3) is 3.27. The summed E-state index contributed by atoms with van der Waals surface area (Å²) >= 11 is 0. The Morgan fingerprint density at radius 1 is 1.50 bits per heavy atom. The average molecular weight is 304 g/mol. The van der Waals surface area contributed by atoms with E-state index in [1.807, 2.05) is 6.92 Å². The first-order valence-electron chi connectivity index (χ1n) is 6.78. The number of hydrogen-bond donors (Lipinski definition) is 1. The molecule has 1 heterocycles. The lowest BCUT2D eigenvalue weighted by molar-refractivity contribution is -0.384. The van der Waals surface area contributed by atoms with E-state index in [1.54, 1.807) is 13.0 Å². The third-order valence-corrected chi connectivity index (χ3v) is 3.19. The molecule has 8 nitrogen and oxygen atoms in total. The number of ketones is 1. The second-order valence-corrected chi connectivity index (χ2v) is 4.82. The summed E-state index contributed by atoms with van der Waals surface area (Å²) < 4.78 is 4.93. The molecule has 0 aliphatic carbocycles. The molecular weight excluding hydrogens is 288 g/mol. The number of rotatable bonds is 6. The van der Waals surface area contributed by atoms with Crippen molar-refractivity contribution < 1.29 is 14.2 Å². The molecule has 8 heteroatoms. The molecule has 0 bridgehead atoms. The number of Topliss-reactive ketones (excluding diaryl/α,β-unsaturated/α-hetero) is 1. The van der Waals surface area contributed by atoms with Crippen LogP contribution in [0.2, 0.25) is 0 Å². The molecule has 0 aliphatic rings. The van der Waals surface area contributed by atoms with Crippen molar-refractivity contribution in [2.45, 2.75) is 33.2 Å². The minimum atomic E-state index is -0.525. The molecular formula is C14H16N4O4. The van der Waals surface area contributed by atoms with Crippen molar-refractivity contribution >= 4 is 17.2 Å². The van der Waals surface area contributed by atoms with Crippen LogP contribution in [-0.2, 0) is 0 Å². The number of carbonyl (C=O) groups is 1. The molecule has 116 valence electrons. The maximum Gasteiger partial charge on any atom is 0.293 e. The summed E-state index contributed by atoms with van der Waals surface area (Å²) in [4.78, 5) is 26.2. The Morgan fingerprint density at radius 3 is 2.73 bits per heavy atom. The van der Waals surface area contributed by atoms with E-state index in [4.69, 9.17) is 4.52 Å². The van der Waals surface area contributed by atoms with Crippen molar-refractivity contribution in [3.8, 4) is 0 Å². The van der Waals surface area contributed by atoms with Crippen LogP contribution >= 0.6 is 0 Å². The van der Waals surface area contributed by atoms with Gasteiger partial charge in [-0.3, -0.25) is 14.9 Å². The summed E-state index contributed by atoms with van der Waals surface area (Å²) in [5, 5.41) is 18.1. The van der Waals surface area contributed by atoms with Gasteiger partial charge < -0.3 is 9.84 Å². The third-order valence-electron chi connectivity index (χ3n) is 3.19. The molecule has 0 aliphatic heterocycles. The lowest BCUT2D eigenvalue weighted by atomic mass is 10.1. The van der Waals surface area contributed by atoms with Crippen molar-refractivity contribution in [2.24, 2.45) is 0 Å². The van der Waals surface area contributed by atoms with Gasteiger partial charge in [-0.1, -0.05) is 12.1 Å². The monoisotopic (exact) mass is 304 g/mol. The number of aromatic nitrogens is 2. The molecule has 2 aromatic rings. The standard InChI is InChI=1S/C14H16N4O4/c1-4-11(14-15-9(3)22-17-14)16-12-6-5-10(8(2)19)7-13(12)18(20)21/h5-7,11,16H,4H2,1-3H3. The number of anilines is 1. The van der Waals surface area contributed by atoms with Crippen LogP contribution in [0, 0.1) is 17.0 Å². The van der Waals surface area contributed by atoms with Crippen LogP contribution in [0.5, 0.6) is 0 Å². The molecule has 1 unspecified atom stereocenters. The van der Waals surface area contributed by atoms with Gasteiger partial charge in [-0.25, -0.2) is 0 Å². The summed E-state index contributed by atoms with van der Waals surface area (Å²) in [6.07, 6.45) is 0.616. The van der Waals surface area contributed by atoms with Crippen LogP contribution in [0.3, 0.4) is 0 Å². The maximum absolute atomic E-state index is 11.4. The van der Waals surface area contributed by atoms with Gasteiger partial charge in [0.25, 0.3) is 5.69 Å². The Labute approximate surface area is 126 Å². The van der Waals surface area contributed by atoms with E-state index >= 15 is 0 Å². The van der Waals surface area contributed by atoms with Gasteiger partial charge in [0, 0.05) is 18.6 Å². The number of aryl methyl sites for hydroxylation is 1. The van der Waals surface area contributed by atoms with E-state index in [0.29, 0.717) is 29.4 Å².